The molecular formula is C18H23N5O. The number of nitrogens with zero attached hydrogens (tertiary/aromatic N) is 3. The zero-order chi connectivity index (χ0) is 16.8. The summed E-state index contributed by atoms with van der Waals surface area (Å²) in [5.74, 6) is 0.791. The fourth-order valence-corrected chi connectivity index (χ4v) is 2.79. The summed E-state index contributed by atoms with van der Waals surface area (Å²) in [5.41, 5.74) is 14.6. The lowest BCUT2D eigenvalue weighted by Crippen LogP contribution is -2.29. The number of amidine groups is 1. The van der Waals surface area contributed by atoms with Gasteiger partial charge in [0.15, 0.2) is 5.84 Å². The van der Waals surface area contributed by atoms with E-state index in [0.717, 1.165) is 24.2 Å². The molecule has 0 atom stereocenters. The summed E-state index contributed by atoms with van der Waals surface area (Å²) < 4.78 is 0. The molecule has 6 nitrogen and oxygen atoms in total. The summed E-state index contributed by atoms with van der Waals surface area (Å²) in [5, 5.41) is 3.97. The number of nitrogens with two attached hydrogens (primary N) is 2. The lowest BCUT2D eigenvalue weighted by Gasteiger charge is -2.28. The largest absolute Gasteiger partial charge is 0.389 e. The van der Waals surface area contributed by atoms with Gasteiger partial charge >= 0.3 is 0 Å². The van der Waals surface area contributed by atoms with E-state index in [1.54, 1.807) is 12.3 Å². The summed E-state index contributed by atoms with van der Waals surface area (Å²) in [7, 11) is 0. The highest BCUT2D eigenvalue weighted by Crippen LogP contribution is 2.20. The van der Waals surface area contributed by atoms with E-state index in [4.69, 9.17) is 16.3 Å². The van der Waals surface area contributed by atoms with Crippen molar-refractivity contribution >= 4 is 17.3 Å². The fourth-order valence-electron chi connectivity index (χ4n) is 2.79. The molecule has 24 heavy (non-hydrogen) atoms. The van der Waals surface area contributed by atoms with Gasteiger partial charge < -0.3 is 21.2 Å². The summed E-state index contributed by atoms with van der Waals surface area (Å²) >= 11 is 0. The third-order valence-corrected chi connectivity index (χ3v) is 4.19. The van der Waals surface area contributed by atoms with Gasteiger partial charge in [-0.3, -0.25) is 0 Å². The smallest absolute Gasteiger partial charge is 0.170 e. The molecule has 126 valence electrons. The van der Waals surface area contributed by atoms with E-state index in [0.29, 0.717) is 11.7 Å². The minimum atomic E-state index is 0.242. The topological polar surface area (TPSA) is 89.8 Å². The maximum Gasteiger partial charge on any atom is 0.170 e. The van der Waals surface area contributed by atoms with Gasteiger partial charge in [0.1, 0.15) is 12.4 Å². The molecule has 2 aromatic rings. The van der Waals surface area contributed by atoms with Crippen molar-refractivity contribution in [3.05, 3.63) is 53.7 Å². The van der Waals surface area contributed by atoms with Crippen molar-refractivity contribution in [1.29, 1.82) is 0 Å². The molecule has 1 aromatic heterocycles. The molecule has 1 aliphatic rings. The average Bonchev–Trinajstić information content (AvgIpc) is 2.64. The molecule has 4 N–H and O–H groups in total. The van der Waals surface area contributed by atoms with E-state index >= 15 is 0 Å². The van der Waals surface area contributed by atoms with Gasteiger partial charge in [0.25, 0.3) is 0 Å². The fraction of sp³-hybridized carbons (Fsp3) is 0.333. The highest BCUT2D eigenvalue weighted by molar-refractivity contribution is 5.97. The van der Waals surface area contributed by atoms with E-state index in [1.165, 1.54) is 24.9 Å². The SMILES string of the molecule is N/C(=N\OCc1cccnc1N)c1ccc(N2CCCCC2)cc1. The first kappa shape index (κ1) is 16.1. The van der Waals surface area contributed by atoms with E-state index in [-0.39, 0.29) is 6.61 Å². The molecule has 0 saturated carbocycles. The second-order valence-electron chi connectivity index (χ2n) is 5.89. The lowest BCUT2D eigenvalue weighted by molar-refractivity contribution is 0.130. The minimum absolute atomic E-state index is 0.242. The molecule has 1 aromatic carbocycles. The Bertz CT molecular complexity index is 693. The van der Waals surface area contributed by atoms with Crippen molar-refractivity contribution in [3.8, 4) is 0 Å². The van der Waals surface area contributed by atoms with Crippen molar-refractivity contribution in [2.24, 2.45) is 10.9 Å². The number of piperidine rings is 1. The summed E-state index contributed by atoms with van der Waals surface area (Å²) in [6.07, 6.45) is 5.49. The van der Waals surface area contributed by atoms with Crippen LogP contribution in [0.1, 0.15) is 30.4 Å². The maximum absolute atomic E-state index is 5.99. The molecule has 0 spiro atoms. The van der Waals surface area contributed by atoms with Crippen LogP contribution in [-0.4, -0.2) is 23.9 Å². The van der Waals surface area contributed by atoms with Crippen LogP contribution in [0.5, 0.6) is 0 Å². The molecule has 0 radical (unpaired) electrons. The van der Waals surface area contributed by atoms with Crippen LogP contribution in [0.15, 0.2) is 47.8 Å². The predicted octanol–water partition coefficient (Wildman–Crippen LogP) is 2.49. The summed E-state index contributed by atoms with van der Waals surface area (Å²) in [4.78, 5) is 11.7. The molecule has 2 heterocycles. The van der Waals surface area contributed by atoms with Crippen molar-refractivity contribution in [2.45, 2.75) is 25.9 Å². The first-order valence-corrected chi connectivity index (χ1v) is 8.24. The van der Waals surface area contributed by atoms with Crippen LogP contribution in [0.3, 0.4) is 0 Å². The van der Waals surface area contributed by atoms with Gasteiger partial charge in [0, 0.05) is 36.1 Å². The van der Waals surface area contributed by atoms with Crippen LogP contribution < -0.4 is 16.4 Å². The lowest BCUT2D eigenvalue weighted by atomic mass is 10.1. The molecule has 6 heteroatoms. The highest BCUT2D eigenvalue weighted by Gasteiger charge is 2.11. The number of anilines is 2. The molecule has 0 amide bonds. The number of hydrogen-bond acceptors (Lipinski definition) is 5. The second-order valence-corrected chi connectivity index (χ2v) is 5.89. The number of oxime groups is 1. The Hall–Kier alpha value is -2.76. The van der Waals surface area contributed by atoms with Crippen LogP contribution >= 0.6 is 0 Å². The Morgan fingerprint density at radius 3 is 2.58 bits per heavy atom. The number of pyridine rings is 1. The standard InChI is InChI=1S/C18H23N5O/c19-17-15(5-4-10-21-17)13-24-22-18(20)14-6-8-16(9-7-14)23-11-2-1-3-12-23/h4-10H,1-3,11-13H2,(H2,19,21)(H2,20,22). The molecule has 0 bridgehead atoms. The second kappa shape index (κ2) is 7.68. The van der Waals surface area contributed by atoms with Crippen molar-refractivity contribution in [3.63, 3.8) is 0 Å². The van der Waals surface area contributed by atoms with Crippen LogP contribution in [0.4, 0.5) is 11.5 Å². The first-order chi connectivity index (χ1) is 11.7. The van der Waals surface area contributed by atoms with Gasteiger partial charge in [-0.1, -0.05) is 11.2 Å². The Morgan fingerprint density at radius 1 is 1.12 bits per heavy atom. The minimum Gasteiger partial charge on any atom is -0.389 e. The van der Waals surface area contributed by atoms with Gasteiger partial charge in [-0.05, 0) is 49.6 Å². The molecule has 1 aliphatic heterocycles. The third-order valence-electron chi connectivity index (χ3n) is 4.19. The third kappa shape index (κ3) is 3.95. The summed E-state index contributed by atoms with van der Waals surface area (Å²) in [6.45, 7) is 2.49. The zero-order valence-corrected chi connectivity index (χ0v) is 13.7. The molecule has 0 aliphatic carbocycles. The number of nitrogen functional groups attached to an aromatic ring is 1. The van der Waals surface area contributed by atoms with Crippen molar-refractivity contribution in [2.75, 3.05) is 23.7 Å². The van der Waals surface area contributed by atoms with Gasteiger partial charge in [0.05, 0.1) is 0 Å². The van der Waals surface area contributed by atoms with Crippen molar-refractivity contribution < 1.29 is 4.84 Å². The Morgan fingerprint density at radius 2 is 1.88 bits per heavy atom. The zero-order valence-electron chi connectivity index (χ0n) is 13.7. The quantitative estimate of drug-likeness (QED) is 0.501. The van der Waals surface area contributed by atoms with Crippen LogP contribution in [0, 0.1) is 0 Å². The van der Waals surface area contributed by atoms with Gasteiger partial charge in [0.2, 0.25) is 0 Å². The molecular weight excluding hydrogens is 302 g/mol. The number of aromatic nitrogens is 1. The van der Waals surface area contributed by atoms with Gasteiger partial charge in [-0.25, -0.2) is 4.98 Å². The number of benzene rings is 1. The predicted molar refractivity (Wildman–Crippen MR) is 96.7 cm³/mol. The average molecular weight is 325 g/mol. The van der Waals surface area contributed by atoms with E-state index < -0.39 is 0 Å². The number of rotatable bonds is 5. The Balaban J connectivity index is 1.59. The van der Waals surface area contributed by atoms with Crippen LogP contribution in [0.2, 0.25) is 0 Å². The van der Waals surface area contributed by atoms with Gasteiger partial charge in [-0.2, -0.15) is 0 Å². The molecule has 0 unspecified atom stereocenters. The normalized spacial score (nSPS) is 15.3. The van der Waals surface area contributed by atoms with Crippen LogP contribution in [-0.2, 0) is 11.4 Å². The Kier molecular flexibility index (Phi) is 5.15. The van der Waals surface area contributed by atoms with E-state index in [1.807, 2.05) is 18.2 Å². The highest BCUT2D eigenvalue weighted by atomic mass is 16.6. The van der Waals surface area contributed by atoms with Crippen LogP contribution in [0.25, 0.3) is 0 Å². The number of hydrogen-bond donors (Lipinski definition) is 2. The monoisotopic (exact) mass is 325 g/mol. The molecule has 1 saturated heterocycles. The van der Waals surface area contributed by atoms with Crippen molar-refractivity contribution in [1.82, 2.24) is 4.98 Å². The molecule has 1 fully saturated rings. The maximum atomic E-state index is 5.99. The van der Waals surface area contributed by atoms with E-state index in [9.17, 15) is 0 Å². The summed E-state index contributed by atoms with van der Waals surface area (Å²) in [6, 6.07) is 11.8. The molecule has 3 rings (SSSR count). The Labute approximate surface area is 142 Å². The first-order valence-electron chi connectivity index (χ1n) is 8.24. The van der Waals surface area contributed by atoms with E-state index in [2.05, 4.69) is 27.2 Å². The van der Waals surface area contributed by atoms with Gasteiger partial charge in [-0.15, -0.1) is 0 Å².